The average Bonchev–Trinajstić information content (AvgIpc) is 2.81. The van der Waals surface area contributed by atoms with Crippen molar-refractivity contribution < 1.29 is 9.59 Å². The number of carbonyl (C=O) groups excluding carboxylic acids is 2. The molecule has 142 valence electrons. The van der Waals surface area contributed by atoms with Crippen LogP contribution in [0.5, 0.6) is 0 Å². The standard InChI is InChI=1S/C19H29N5O2/c1-5-6-15-11-20-14(4)21-16(15)23-9-7-19(8-10-23)17(25)22-18(26)24(19)12-13(2)3/h11,13H,5-10,12H2,1-4H3,(H,22,25,26). The van der Waals surface area contributed by atoms with Gasteiger partial charge in [-0.3, -0.25) is 10.1 Å². The van der Waals surface area contributed by atoms with Gasteiger partial charge >= 0.3 is 6.03 Å². The Balaban J connectivity index is 1.81. The van der Waals surface area contributed by atoms with Crippen molar-refractivity contribution in [3.8, 4) is 0 Å². The van der Waals surface area contributed by atoms with Crippen molar-refractivity contribution in [3.63, 3.8) is 0 Å². The number of amides is 3. The fraction of sp³-hybridized carbons (Fsp3) is 0.684. The third-order valence-electron chi connectivity index (χ3n) is 5.32. The van der Waals surface area contributed by atoms with Gasteiger partial charge in [0.1, 0.15) is 17.2 Å². The molecule has 26 heavy (non-hydrogen) atoms. The fourth-order valence-corrected chi connectivity index (χ4v) is 4.01. The zero-order valence-electron chi connectivity index (χ0n) is 16.2. The molecule has 2 aliphatic heterocycles. The lowest BCUT2D eigenvalue weighted by Gasteiger charge is -2.43. The summed E-state index contributed by atoms with van der Waals surface area (Å²) in [6, 6.07) is -0.248. The van der Waals surface area contributed by atoms with Gasteiger partial charge < -0.3 is 9.80 Å². The first-order valence-electron chi connectivity index (χ1n) is 9.58. The topological polar surface area (TPSA) is 78.4 Å². The van der Waals surface area contributed by atoms with Crippen LogP contribution in [0.15, 0.2) is 6.20 Å². The van der Waals surface area contributed by atoms with E-state index in [2.05, 4.69) is 41.0 Å². The molecular weight excluding hydrogens is 330 g/mol. The molecule has 0 bridgehead atoms. The summed E-state index contributed by atoms with van der Waals surface area (Å²) in [7, 11) is 0. The monoisotopic (exact) mass is 359 g/mol. The molecule has 1 aromatic heterocycles. The van der Waals surface area contributed by atoms with Gasteiger partial charge in [0.2, 0.25) is 0 Å². The third kappa shape index (κ3) is 3.27. The second-order valence-electron chi connectivity index (χ2n) is 7.80. The summed E-state index contributed by atoms with van der Waals surface area (Å²) >= 11 is 0. The molecule has 0 radical (unpaired) electrons. The van der Waals surface area contributed by atoms with Gasteiger partial charge in [-0.05, 0) is 32.1 Å². The van der Waals surface area contributed by atoms with Crippen LogP contribution in [0.25, 0.3) is 0 Å². The first-order valence-corrected chi connectivity index (χ1v) is 9.58. The Morgan fingerprint density at radius 2 is 1.96 bits per heavy atom. The first kappa shape index (κ1) is 18.6. The van der Waals surface area contributed by atoms with Crippen LogP contribution in [0.2, 0.25) is 0 Å². The predicted molar refractivity (Wildman–Crippen MR) is 100 cm³/mol. The molecule has 3 rings (SSSR count). The molecule has 3 amide bonds. The van der Waals surface area contributed by atoms with E-state index in [1.54, 1.807) is 4.90 Å². The number of imide groups is 1. The van der Waals surface area contributed by atoms with Crippen LogP contribution in [0.4, 0.5) is 10.6 Å². The van der Waals surface area contributed by atoms with Crippen molar-refractivity contribution in [3.05, 3.63) is 17.6 Å². The highest BCUT2D eigenvalue weighted by molar-refractivity contribution is 6.07. The van der Waals surface area contributed by atoms with E-state index in [4.69, 9.17) is 0 Å². The number of nitrogens with one attached hydrogen (secondary N) is 1. The Bertz CT molecular complexity index is 695. The van der Waals surface area contributed by atoms with E-state index in [1.165, 1.54) is 0 Å². The Kier molecular flexibility index (Phi) is 5.16. The molecule has 1 spiro atoms. The molecule has 2 fully saturated rings. The number of hydrogen-bond acceptors (Lipinski definition) is 5. The van der Waals surface area contributed by atoms with Crippen molar-refractivity contribution in [1.82, 2.24) is 20.2 Å². The highest BCUT2D eigenvalue weighted by atomic mass is 16.2. The highest BCUT2D eigenvalue weighted by Crippen LogP contribution is 2.35. The molecule has 7 heteroatoms. The summed E-state index contributed by atoms with van der Waals surface area (Å²) < 4.78 is 0. The second kappa shape index (κ2) is 7.21. The van der Waals surface area contributed by atoms with Gasteiger partial charge in [-0.15, -0.1) is 0 Å². The summed E-state index contributed by atoms with van der Waals surface area (Å²) in [5.41, 5.74) is 0.449. The van der Waals surface area contributed by atoms with Crippen molar-refractivity contribution in [2.24, 2.45) is 5.92 Å². The number of rotatable bonds is 5. The Labute approximate surface area is 155 Å². The molecule has 2 aliphatic rings. The van der Waals surface area contributed by atoms with Crippen molar-refractivity contribution in [2.75, 3.05) is 24.5 Å². The largest absolute Gasteiger partial charge is 0.356 e. The second-order valence-corrected chi connectivity index (χ2v) is 7.80. The Morgan fingerprint density at radius 3 is 2.58 bits per heavy atom. The van der Waals surface area contributed by atoms with Gasteiger partial charge in [0.25, 0.3) is 5.91 Å². The molecule has 0 saturated carbocycles. The van der Waals surface area contributed by atoms with Crippen LogP contribution in [0.1, 0.15) is 51.4 Å². The predicted octanol–water partition coefficient (Wildman–Crippen LogP) is 2.28. The molecular formula is C19H29N5O2. The van der Waals surface area contributed by atoms with Gasteiger partial charge in [0, 0.05) is 31.4 Å². The minimum absolute atomic E-state index is 0.143. The van der Waals surface area contributed by atoms with Gasteiger partial charge in [0.05, 0.1) is 0 Å². The minimum Gasteiger partial charge on any atom is -0.356 e. The van der Waals surface area contributed by atoms with E-state index in [0.717, 1.165) is 30.0 Å². The molecule has 7 nitrogen and oxygen atoms in total. The van der Waals surface area contributed by atoms with E-state index in [1.807, 2.05) is 13.1 Å². The molecule has 0 unspecified atom stereocenters. The van der Waals surface area contributed by atoms with Crippen LogP contribution in [0, 0.1) is 12.8 Å². The molecule has 1 aromatic rings. The number of aromatic nitrogens is 2. The van der Waals surface area contributed by atoms with Gasteiger partial charge in [-0.1, -0.05) is 27.2 Å². The van der Waals surface area contributed by atoms with Gasteiger partial charge in [-0.25, -0.2) is 14.8 Å². The maximum atomic E-state index is 12.6. The number of piperidine rings is 1. The lowest BCUT2D eigenvalue weighted by Crippen LogP contribution is -2.57. The van der Waals surface area contributed by atoms with E-state index >= 15 is 0 Å². The average molecular weight is 359 g/mol. The number of urea groups is 1. The summed E-state index contributed by atoms with van der Waals surface area (Å²) in [6.07, 6.45) is 5.16. The summed E-state index contributed by atoms with van der Waals surface area (Å²) in [5.74, 6) is 1.92. The van der Waals surface area contributed by atoms with Crippen LogP contribution in [-0.4, -0.2) is 52.0 Å². The molecule has 2 saturated heterocycles. The van der Waals surface area contributed by atoms with Crippen LogP contribution >= 0.6 is 0 Å². The smallest absolute Gasteiger partial charge is 0.325 e. The molecule has 0 atom stereocenters. The molecule has 3 heterocycles. The quantitative estimate of drug-likeness (QED) is 0.816. The van der Waals surface area contributed by atoms with E-state index in [9.17, 15) is 9.59 Å². The molecule has 1 N–H and O–H groups in total. The summed E-state index contributed by atoms with van der Waals surface area (Å²) in [6.45, 7) is 10.2. The number of aryl methyl sites for hydroxylation is 2. The summed E-state index contributed by atoms with van der Waals surface area (Å²) in [5, 5.41) is 2.53. The van der Waals surface area contributed by atoms with Gasteiger partial charge in [-0.2, -0.15) is 0 Å². The zero-order chi connectivity index (χ0) is 18.9. The SMILES string of the molecule is CCCc1cnc(C)nc1N1CCC2(CC1)C(=O)NC(=O)N2CC(C)C. The lowest BCUT2D eigenvalue weighted by atomic mass is 9.85. The Hall–Kier alpha value is -2.18. The van der Waals surface area contributed by atoms with Crippen LogP contribution < -0.4 is 10.2 Å². The number of carbonyl (C=O) groups is 2. The highest BCUT2D eigenvalue weighted by Gasteiger charge is 2.54. The fourth-order valence-electron chi connectivity index (χ4n) is 4.01. The van der Waals surface area contributed by atoms with Crippen molar-refractivity contribution in [2.45, 2.75) is 58.9 Å². The summed E-state index contributed by atoms with van der Waals surface area (Å²) in [4.78, 5) is 37.9. The van der Waals surface area contributed by atoms with E-state index in [0.29, 0.717) is 38.4 Å². The minimum atomic E-state index is -0.704. The number of hydrogen-bond donors (Lipinski definition) is 1. The third-order valence-corrected chi connectivity index (χ3v) is 5.32. The maximum absolute atomic E-state index is 12.6. The molecule has 0 aromatic carbocycles. The first-order chi connectivity index (χ1) is 12.4. The lowest BCUT2D eigenvalue weighted by molar-refractivity contribution is -0.127. The van der Waals surface area contributed by atoms with Gasteiger partial charge in [0.15, 0.2) is 0 Å². The number of nitrogens with zero attached hydrogens (tertiary/aromatic N) is 4. The maximum Gasteiger partial charge on any atom is 0.325 e. The molecule has 0 aliphatic carbocycles. The van der Waals surface area contributed by atoms with Crippen molar-refractivity contribution >= 4 is 17.8 Å². The van der Waals surface area contributed by atoms with Crippen LogP contribution in [-0.2, 0) is 11.2 Å². The Morgan fingerprint density at radius 1 is 1.27 bits per heavy atom. The normalized spacial score (nSPS) is 19.6. The van der Waals surface area contributed by atoms with Crippen LogP contribution in [0.3, 0.4) is 0 Å². The van der Waals surface area contributed by atoms with E-state index < -0.39 is 5.54 Å². The zero-order valence-corrected chi connectivity index (χ0v) is 16.2. The van der Waals surface area contributed by atoms with E-state index in [-0.39, 0.29) is 11.9 Å². The number of anilines is 1. The van der Waals surface area contributed by atoms with Crippen molar-refractivity contribution in [1.29, 1.82) is 0 Å².